The number of nitrogens with one attached hydrogen (secondary N) is 1. The van der Waals surface area contributed by atoms with Crippen LogP contribution in [0, 0.1) is 18.3 Å². The highest BCUT2D eigenvalue weighted by molar-refractivity contribution is 7.89. The summed E-state index contributed by atoms with van der Waals surface area (Å²) in [6.45, 7) is 1.66. The average Bonchev–Trinajstić information content (AvgIpc) is 2.69. The molecule has 0 aromatic heterocycles. The summed E-state index contributed by atoms with van der Waals surface area (Å²) in [6, 6.07) is -0.395. The van der Waals surface area contributed by atoms with E-state index in [1.807, 2.05) is 0 Å². The highest BCUT2D eigenvalue weighted by Gasteiger charge is 2.28. The van der Waals surface area contributed by atoms with Crippen LogP contribution in [0.5, 0.6) is 0 Å². The molecule has 1 saturated carbocycles. The minimum atomic E-state index is -3.12. The third-order valence-electron chi connectivity index (χ3n) is 1.76. The van der Waals surface area contributed by atoms with Crippen molar-refractivity contribution < 1.29 is 8.42 Å². The van der Waals surface area contributed by atoms with E-state index in [0.29, 0.717) is 5.92 Å². The first-order chi connectivity index (χ1) is 5.53. The fraction of sp³-hybridized carbons (Fsp3) is 0.750. The van der Waals surface area contributed by atoms with Crippen LogP contribution in [0.4, 0.5) is 0 Å². The molecule has 1 fully saturated rings. The molecule has 0 amide bonds. The maximum atomic E-state index is 11.2. The summed E-state index contributed by atoms with van der Waals surface area (Å²) in [5, 5.41) is 0. The second kappa shape index (κ2) is 3.46. The van der Waals surface area contributed by atoms with E-state index in [-0.39, 0.29) is 5.75 Å². The van der Waals surface area contributed by atoms with Gasteiger partial charge in [-0.25, -0.2) is 13.1 Å². The normalized spacial score (nSPS) is 20.0. The summed E-state index contributed by atoms with van der Waals surface area (Å²) in [4.78, 5) is 0. The van der Waals surface area contributed by atoms with Crippen molar-refractivity contribution in [2.24, 2.45) is 5.92 Å². The molecule has 1 atom stereocenters. The van der Waals surface area contributed by atoms with Crippen molar-refractivity contribution in [2.75, 3.05) is 5.75 Å². The number of rotatable bonds is 4. The topological polar surface area (TPSA) is 46.2 Å². The molecule has 0 aromatic carbocycles. The van der Waals surface area contributed by atoms with Crippen LogP contribution in [-0.4, -0.2) is 20.2 Å². The van der Waals surface area contributed by atoms with Gasteiger partial charge in [0.1, 0.15) is 0 Å². The maximum absolute atomic E-state index is 11.2. The Morgan fingerprint density at radius 3 is 2.67 bits per heavy atom. The summed E-state index contributed by atoms with van der Waals surface area (Å²) in [7, 11) is -3.12. The van der Waals surface area contributed by atoms with E-state index < -0.39 is 16.1 Å². The van der Waals surface area contributed by atoms with E-state index in [4.69, 9.17) is 6.42 Å². The predicted octanol–water partition coefficient (Wildman–Crippen LogP) is 0.337. The Balaban J connectivity index is 2.43. The summed E-state index contributed by atoms with van der Waals surface area (Å²) in [5.41, 5.74) is 0. The highest BCUT2D eigenvalue weighted by Crippen LogP contribution is 2.29. The van der Waals surface area contributed by atoms with E-state index in [1.54, 1.807) is 6.92 Å². The van der Waals surface area contributed by atoms with Crippen molar-refractivity contribution in [3.05, 3.63) is 0 Å². The van der Waals surface area contributed by atoms with Gasteiger partial charge in [-0.1, -0.05) is 5.92 Å². The molecule has 1 rings (SSSR count). The molecular weight excluding hydrogens is 174 g/mol. The van der Waals surface area contributed by atoms with Crippen LogP contribution in [0.25, 0.3) is 0 Å². The molecule has 1 aliphatic rings. The first-order valence-electron chi connectivity index (χ1n) is 3.99. The van der Waals surface area contributed by atoms with Crippen LogP contribution in [0.15, 0.2) is 0 Å². The second-order valence-corrected chi connectivity index (χ2v) is 5.03. The third-order valence-corrected chi connectivity index (χ3v) is 3.38. The molecule has 3 nitrogen and oxygen atoms in total. The quantitative estimate of drug-likeness (QED) is 0.645. The monoisotopic (exact) mass is 187 g/mol. The van der Waals surface area contributed by atoms with Gasteiger partial charge in [-0.15, -0.1) is 6.42 Å². The van der Waals surface area contributed by atoms with E-state index in [0.717, 1.165) is 12.8 Å². The van der Waals surface area contributed by atoms with Crippen molar-refractivity contribution in [1.82, 2.24) is 4.72 Å². The summed E-state index contributed by atoms with van der Waals surface area (Å²) in [6.07, 6.45) is 7.11. The molecule has 4 heteroatoms. The molecule has 0 bridgehead atoms. The van der Waals surface area contributed by atoms with Gasteiger partial charge in [-0.3, -0.25) is 0 Å². The molecular formula is C8H13NO2S. The van der Waals surface area contributed by atoms with Crippen LogP contribution in [0.2, 0.25) is 0 Å². The Hall–Kier alpha value is -0.530. The Bertz CT molecular complexity index is 285. The largest absolute Gasteiger partial charge is 0.212 e. The first kappa shape index (κ1) is 9.56. The Morgan fingerprint density at radius 1 is 1.67 bits per heavy atom. The average molecular weight is 187 g/mol. The van der Waals surface area contributed by atoms with Gasteiger partial charge in [0.2, 0.25) is 10.0 Å². The fourth-order valence-electron chi connectivity index (χ4n) is 0.946. The van der Waals surface area contributed by atoms with E-state index in [2.05, 4.69) is 10.6 Å². The lowest BCUT2D eigenvalue weighted by atomic mass is 10.4. The molecule has 0 saturated heterocycles. The van der Waals surface area contributed by atoms with Crippen LogP contribution in [0.3, 0.4) is 0 Å². The molecule has 1 N–H and O–H groups in total. The van der Waals surface area contributed by atoms with E-state index in [9.17, 15) is 8.42 Å². The lowest BCUT2D eigenvalue weighted by Gasteiger charge is -2.07. The number of terminal acetylenes is 1. The van der Waals surface area contributed by atoms with Crippen molar-refractivity contribution >= 4 is 10.0 Å². The molecule has 0 spiro atoms. The summed E-state index contributed by atoms with van der Waals surface area (Å²) < 4.78 is 24.9. The van der Waals surface area contributed by atoms with Crippen LogP contribution >= 0.6 is 0 Å². The Morgan fingerprint density at radius 2 is 2.25 bits per heavy atom. The van der Waals surface area contributed by atoms with Gasteiger partial charge in [0.25, 0.3) is 0 Å². The van der Waals surface area contributed by atoms with Crippen LogP contribution < -0.4 is 4.72 Å². The molecule has 1 aliphatic carbocycles. The zero-order valence-corrected chi connectivity index (χ0v) is 7.89. The summed E-state index contributed by atoms with van der Waals surface area (Å²) in [5.74, 6) is 2.93. The molecule has 0 radical (unpaired) electrons. The van der Waals surface area contributed by atoms with Crippen molar-refractivity contribution in [3.63, 3.8) is 0 Å². The van der Waals surface area contributed by atoms with Crippen molar-refractivity contribution in [2.45, 2.75) is 25.8 Å². The molecule has 68 valence electrons. The highest BCUT2D eigenvalue weighted by atomic mass is 32.2. The zero-order chi connectivity index (χ0) is 9.19. The minimum Gasteiger partial charge on any atom is -0.212 e. The van der Waals surface area contributed by atoms with Crippen LogP contribution in [-0.2, 0) is 10.0 Å². The lowest BCUT2D eigenvalue weighted by Crippen LogP contribution is -2.33. The van der Waals surface area contributed by atoms with Crippen molar-refractivity contribution in [1.29, 1.82) is 0 Å². The molecule has 0 heterocycles. The maximum Gasteiger partial charge on any atom is 0.212 e. The van der Waals surface area contributed by atoms with Gasteiger partial charge < -0.3 is 0 Å². The van der Waals surface area contributed by atoms with E-state index >= 15 is 0 Å². The number of hydrogen-bond donors (Lipinski definition) is 1. The SMILES string of the molecule is C#CC(C)NS(=O)(=O)CC1CC1. The van der Waals surface area contributed by atoms with Gasteiger partial charge in [0.05, 0.1) is 11.8 Å². The van der Waals surface area contributed by atoms with Gasteiger partial charge in [-0.2, -0.15) is 0 Å². The third kappa shape index (κ3) is 3.24. The molecule has 1 unspecified atom stereocenters. The minimum absolute atomic E-state index is 0.235. The standard InChI is InChI=1S/C8H13NO2S/c1-3-7(2)9-12(10,11)6-8-4-5-8/h1,7-9H,4-6H2,2H3. The smallest absolute Gasteiger partial charge is 0.212 e. The first-order valence-corrected chi connectivity index (χ1v) is 5.65. The zero-order valence-electron chi connectivity index (χ0n) is 7.08. The summed E-state index contributed by atoms with van der Waals surface area (Å²) >= 11 is 0. The number of sulfonamides is 1. The Kier molecular flexibility index (Phi) is 2.76. The molecule has 0 aliphatic heterocycles. The van der Waals surface area contributed by atoms with Gasteiger partial charge in [0, 0.05) is 0 Å². The predicted molar refractivity (Wildman–Crippen MR) is 47.9 cm³/mol. The Labute approximate surface area is 73.6 Å². The van der Waals surface area contributed by atoms with Gasteiger partial charge in [-0.05, 0) is 25.7 Å². The van der Waals surface area contributed by atoms with Gasteiger partial charge >= 0.3 is 0 Å². The fourth-order valence-corrected chi connectivity index (χ4v) is 2.60. The molecule has 0 aromatic rings. The van der Waals surface area contributed by atoms with E-state index in [1.165, 1.54) is 0 Å². The van der Waals surface area contributed by atoms with Crippen molar-refractivity contribution in [3.8, 4) is 12.3 Å². The number of hydrogen-bond acceptors (Lipinski definition) is 2. The van der Waals surface area contributed by atoms with Crippen LogP contribution in [0.1, 0.15) is 19.8 Å². The second-order valence-electron chi connectivity index (χ2n) is 3.23. The molecule has 12 heavy (non-hydrogen) atoms. The lowest BCUT2D eigenvalue weighted by molar-refractivity contribution is 0.574. The van der Waals surface area contributed by atoms with Gasteiger partial charge in [0.15, 0.2) is 0 Å².